The molecule has 4 aromatic carbocycles. The van der Waals surface area contributed by atoms with Crippen molar-refractivity contribution >= 4 is 43.5 Å². The molecule has 0 radical (unpaired) electrons. The molecule has 4 aromatic rings. The highest BCUT2D eigenvalue weighted by atomic mass is 79.9. The van der Waals surface area contributed by atoms with Crippen molar-refractivity contribution in [3.8, 4) is 0 Å². The third kappa shape index (κ3) is 8.55. The Kier molecular flexibility index (Phi) is 11.1. The van der Waals surface area contributed by atoms with E-state index < -0.39 is 28.5 Å². The van der Waals surface area contributed by atoms with E-state index in [1.807, 2.05) is 68.4 Å². The quantitative estimate of drug-likeness (QED) is 0.187. The van der Waals surface area contributed by atoms with Crippen molar-refractivity contribution in [2.24, 2.45) is 0 Å². The summed E-state index contributed by atoms with van der Waals surface area (Å²) in [4.78, 5) is 29.6. The average molecular weight is 663 g/mol. The minimum absolute atomic E-state index is 0.0785. The van der Waals surface area contributed by atoms with E-state index in [-0.39, 0.29) is 23.8 Å². The summed E-state index contributed by atoms with van der Waals surface area (Å²) in [7, 11) is -4.12. The van der Waals surface area contributed by atoms with Crippen LogP contribution >= 0.6 is 15.9 Å². The second-order valence-corrected chi connectivity index (χ2v) is 13.1. The number of nitrogens with zero attached hydrogens (tertiary/aromatic N) is 2. The highest BCUT2D eigenvalue weighted by molar-refractivity contribution is 9.10. The van der Waals surface area contributed by atoms with E-state index in [0.29, 0.717) is 12.2 Å². The van der Waals surface area contributed by atoms with E-state index >= 15 is 0 Å². The number of hydrogen-bond acceptors (Lipinski definition) is 4. The lowest BCUT2D eigenvalue weighted by atomic mass is 10.0. The number of carbonyl (C=O) groups excluding carboxylic acids is 2. The number of rotatable bonds is 13. The molecular weight excluding hydrogens is 626 g/mol. The molecule has 0 aliphatic carbocycles. The van der Waals surface area contributed by atoms with Crippen LogP contribution in [0.1, 0.15) is 30.0 Å². The number of aryl methyl sites for hydroxylation is 1. The Balaban J connectivity index is 1.78. The fraction of sp³-hybridized carbons (Fsp3) is 0.235. The monoisotopic (exact) mass is 661 g/mol. The first-order valence-electron chi connectivity index (χ1n) is 14.2. The third-order valence-electron chi connectivity index (χ3n) is 6.99. The summed E-state index contributed by atoms with van der Waals surface area (Å²) in [5.41, 5.74) is 2.97. The Labute approximate surface area is 262 Å². The van der Waals surface area contributed by atoms with Crippen LogP contribution in [0.15, 0.2) is 119 Å². The molecule has 0 aromatic heterocycles. The number of nitrogens with one attached hydrogen (secondary N) is 1. The number of amides is 2. The van der Waals surface area contributed by atoms with Gasteiger partial charge >= 0.3 is 0 Å². The van der Waals surface area contributed by atoms with Crippen molar-refractivity contribution in [2.45, 2.75) is 44.2 Å². The first-order chi connectivity index (χ1) is 20.7. The first-order valence-corrected chi connectivity index (χ1v) is 16.4. The highest BCUT2D eigenvalue weighted by Crippen LogP contribution is 2.25. The van der Waals surface area contributed by atoms with Gasteiger partial charge in [0.05, 0.1) is 10.6 Å². The fourth-order valence-corrected chi connectivity index (χ4v) is 6.57. The van der Waals surface area contributed by atoms with E-state index in [1.165, 1.54) is 4.90 Å². The molecule has 2 amide bonds. The Morgan fingerprint density at radius 1 is 0.837 bits per heavy atom. The molecule has 0 saturated carbocycles. The Bertz CT molecular complexity index is 1610. The molecule has 0 aliphatic rings. The van der Waals surface area contributed by atoms with Crippen LogP contribution in [0.5, 0.6) is 0 Å². The maximum atomic E-state index is 14.4. The Morgan fingerprint density at radius 3 is 2.09 bits per heavy atom. The number of sulfonamides is 1. The predicted octanol–water partition coefficient (Wildman–Crippen LogP) is 6.12. The maximum Gasteiger partial charge on any atom is 0.264 e. The van der Waals surface area contributed by atoms with Gasteiger partial charge in [0.2, 0.25) is 11.8 Å². The molecule has 0 fully saturated rings. The largest absolute Gasteiger partial charge is 0.354 e. The van der Waals surface area contributed by atoms with Gasteiger partial charge in [0.15, 0.2) is 0 Å². The zero-order chi connectivity index (χ0) is 30.8. The fourth-order valence-electron chi connectivity index (χ4n) is 4.71. The van der Waals surface area contributed by atoms with E-state index in [4.69, 9.17) is 0 Å². The summed E-state index contributed by atoms with van der Waals surface area (Å²) in [5.74, 6) is -0.784. The molecule has 43 heavy (non-hydrogen) atoms. The lowest BCUT2D eigenvalue weighted by Gasteiger charge is -2.34. The molecule has 1 unspecified atom stereocenters. The average Bonchev–Trinajstić information content (AvgIpc) is 3.01. The predicted molar refractivity (Wildman–Crippen MR) is 174 cm³/mol. The Hall–Kier alpha value is -3.95. The minimum Gasteiger partial charge on any atom is -0.354 e. The molecule has 224 valence electrons. The van der Waals surface area contributed by atoms with Gasteiger partial charge in [-0.1, -0.05) is 101 Å². The number of benzene rings is 4. The number of halogens is 1. The summed E-state index contributed by atoms with van der Waals surface area (Å²) in [5, 5.41) is 2.96. The maximum absolute atomic E-state index is 14.4. The van der Waals surface area contributed by atoms with Crippen LogP contribution in [-0.2, 0) is 32.6 Å². The molecule has 7 nitrogen and oxygen atoms in total. The number of anilines is 1. The van der Waals surface area contributed by atoms with Crippen LogP contribution in [0.25, 0.3) is 0 Å². The van der Waals surface area contributed by atoms with Gasteiger partial charge < -0.3 is 10.2 Å². The zero-order valence-corrected chi connectivity index (χ0v) is 26.7. The van der Waals surface area contributed by atoms with E-state index in [0.717, 1.165) is 31.9 Å². The van der Waals surface area contributed by atoms with Gasteiger partial charge in [-0.05, 0) is 60.9 Å². The van der Waals surface area contributed by atoms with Crippen LogP contribution in [0.2, 0.25) is 0 Å². The summed E-state index contributed by atoms with van der Waals surface area (Å²) >= 11 is 3.50. The van der Waals surface area contributed by atoms with Gasteiger partial charge in [0, 0.05) is 24.0 Å². The molecule has 0 heterocycles. The molecule has 0 aliphatic heterocycles. The van der Waals surface area contributed by atoms with Crippen LogP contribution in [-0.4, -0.2) is 44.3 Å². The normalized spacial score (nSPS) is 11.9. The second-order valence-electron chi connectivity index (χ2n) is 10.3. The summed E-state index contributed by atoms with van der Waals surface area (Å²) in [6.45, 7) is 3.93. The van der Waals surface area contributed by atoms with Gasteiger partial charge in [-0.3, -0.25) is 13.9 Å². The molecule has 1 N–H and O–H groups in total. The van der Waals surface area contributed by atoms with Crippen molar-refractivity contribution in [3.05, 3.63) is 130 Å². The molecule has 9 heteroatoms. The van der Waals surface area contributed by atoms with Crippen molar-refractivity contribution in [1.82, 2.24) is 10.2 Å². The number of para-hydroxylation sites is 1. The van der Waals surface area contributed by atoms with E-state index in [2.05, 4.69) is 21.2 Å². The van der Waals surface area contributed by atoms with Crippen LogP contribution in [0.4, 0.5) is 5.69 Å². The van der Waals surface area contributed by atoms with Crippen LogP contribution in [0.3, 0.4) is 0 Å². The summed E-state index contributed by atoms with van der Waals surface area (Å²) in [6, 6.07) is 31.3. The van der Waals surface area contributed by atoms with Gasteiger partial charge in [-0.2, -0.15) is 0 Å². The van der Waals surface area contributed by atoms with Gasteiger partial charge in [-0.25, -0.2) is 8.42 Å². The third-order valence-corrected chi connectivity index (χ3v) is 9.28. The topological polar surface area (TPSA) is 86.8 Å². The van der Waals surface area contributed by atoms with Gasteiger partial charge in [0.25, 0.3) is 10.0 Å². The van der Waals surface area contributed by atoms with Crippen LogP contribution < -0.4 is 9.62 Å². The minimum atomic E-state index is -4.12. The van der Waals surface area contributed by atoms with Crippen molar-refractivity contribution in [2.75, 3.05) is 17.4 Å². The molecule has 0 spiro atoms. The van der Waals surface area contributed by atoms with Crippen LogP contribution in [0, 0.1) is 6.92 Å². The molecular formula is C34H36BrN3O4S. The van der Waals surface area contributed by atoms with Crippen molar-refractivity contribution in [3.63, 3.8) is 0 Å². The van der Waals surface area contributed by atoms with E-state index in [9.17, 15) is 18.0 Å². The smallest absolute Gasteiger partial charge is 0.264 e. The first kappa shape index (κ1) is 32.0. The standard InChI is InChI=1S/C34H36BrN3O4S/c1-3-21-36-34(40)32(23-27-11-6-4-7-12-27)37(24-28-13-10-14-29(35)22-28)33(39)25-38(30-15-8-5-9-16-30)43(41,42)31-19-17-26(2)18-20-31/h4-20,22,32H,3,21,23-25H2,1-2H3,(H,36,40). The SMILES string of the molecule is CCCNC(=O)C(Cc1ccccc1)N(Cc1cccc(Br)c1)C(=O)CN(c1ccccc1)S(=O)(=O)c1ccc(C)cc1. The molecule has 0 saturated heterocycles. The number of hydrogen-bond donors (Lipinski definition) is 1. The van der Waals surface area contributed by atoms with Gasteiger partial charge in [-0.15, -0.1) is 0 Å². The van der Waals surface area contributed by atoms with Gasteiger partial charge in [0.1, 0.15) is 12.6 Å². The molecule has 1 atom stereocenters. The number of carbonyl (C=O) groups is 2. The lowest BCUT2D eigenvalue weighted by molar-refractivity contribution is -0.140. The zero-order valence-electron chi connectivity index (χ0n) is 24.3. The molecule has 4 rings (SSSR count). The van der Waals surface area contributed by atoms with E-state index in [1.54, 1.807) is 54.6 Å². The lowest BCUT2D eigenvalue weighted by Crippen LogP contribution is -2.53. The Morgan fingerprint density at radius 2 is 1.47 bits per heavy atom. The van der Waals surface area contributed by atoms with Crippen molar-refractivity contribution in [1.29, 1.82) is 0 Å². The summed E-state index contributed by atoms with van der Waals surface area (Å²) < 4.78 is 30.0. The summed E-state index contributed by atoms with van der Waals surface area (Å²) in [6.07, 6.45) is 1.01. The highest BCUT2D eigenvalue weighted by Gasteiger charge is 2.34. The molecule has 0 bridgehead atoms. The van der Waals surface area contributed by atoms with Crippen molar-refractivity contribution < 1.29 is 18.0 Å². The second kappa shape index (κ2) is 15.0.